The van der Waals surface area contributed by atoms with E-state index in [2.05, 4.69) is 5.32 Å². The van der Waals surface area contributed by atoms with Gasteiger partial charge >= 0.3 is 0 Å². The number of aryl methyl sites for hydroxylation is 1. The third-order valence-corrected chi connectivity index (χ3v) is 2.85. The zero-order chi connectivity index (χ0) is 12.3. The van der Waals surface area contributed by atoms with Gasteiger partial charge in [0.1, 0.15) is 0 Å². The summed E-state index contributed by atoms with van der Waals surface area (Å²) in [6.07, 6.45) is 0.691. The highest BCUT2D eigenvalue weighted by Gasteiger charge is 2.07. The van der Waals surface area contributed by atoms with Gasteiger partial charge in [-0.1, -0.05) is 41.9 Å². The molecule has 0 aliphatic rings. The number of amides is 1. The molecule has 0 heterocycles. The van der Waals surface area contributed by atoms with Crippen LogP contribution in [0.1, 0.15) is 5.56 Å². The monoisotopic (exact) mass is 245 g/mol. The van der Waals surface area contributed by atoms with E-state index in [0.29, 0.717) is 11.4 Å². The molecule has 2 rings (SSSR count). The number of hydrogen-bond acceptors (Lipinski definition) is 1. The highest BCUT2D eigenvalue weighted by molar-refractivity contribution is 6.30. The van der Waals surface area contributed by atoms with Crippen LogP contribution in [0.2, 0.25) is 5.02 Å². The number of rotatable bonds is 3. The van der Waals surface area contributed by atoms with Crippen LogP contribution in [0.5, 0.6) is 0 Å². The van der Waals surface area contributed by atoms with Crippen molar-refractivity contribution in [2.75, 3.05) is 5.32 Å². The lowest BCUT2D eigenvalue weighted by atomic mass is 10.0. The largest absolute Gasteiger partial charge is 0.328 e. The summed E-state index contributed by atoms with van der Waals surface area (Å²) in [5.41, 5.74) is 3.81. The third kappa shape index (κ3) is 2.48. The molecule has 0 aromatic heterocycles. The van der Waals surface area contributed by atoms with Gasteiger partial charge in [-0.05, 0) is 30.2 Å². The first kappa shape index (κ1) is 11.7. The molecule has 17 heavy (non-hydrogen) atoms. The Bertz CT molecular complexity index is 552. The fraction of sp³-hybridized carbons (Fsp3) is 0.0714. The number of halogens is 1. The van der Waals surface area contributed by atoms with Gasteiger partial charge in [0.15, 0.2) is 0 Å². The molecule has 0 spiro atoms. The van der Waals surface area contributed by atoms with E-state index < -0.39 is 0 Å². The summed E-state index contributed by atoms with van der Waals surface area (Å²) in [4.78, 5) is 10.6. The Morgan fingerprint density at radius 3 is 2.65 bits per heavy atom. The number of nitrogens with one attached hydrogen (secondary N) is 1. The predicted molar refractivity (Wildman–Crippen MR) is 71.3 cm³/mol. The van der Waals surface area contributed by atoms with Crippen LogP contribution in [0.25, 0.3) is 11.1 Å². The lowest BCUT2D eigenvalue weighted by Gasteiger charge is -2.11. The van der Waals surface area contributed by atoms with Crippen molar-refractivity contribution in [1.29, 1.82) is 0 Å². The molecule has 0 bridgehead atoms. The maximum Gasteiger partial charge on any atom is 0.211 e. The number of para-hydroxylation sites is 1. The fourth-order valence-corrected chi connectivity index (χ4v) is 2.01. The van der Waals surface area contributed by atoms with Crippen LogP contribution in [-0.2, 0) is 4.79 Å². The number of benzene rings is 2. The summed E-state index contributed by atoms with van der Waals surface area (Å²) in [7, 11) is 0. The molecule has 0 atom stereocenters. The first-order chi connectivity index (χ1) is 8.22. The van der Waals surface area contributed by atoms with Crippen molar-refractivity contribution in [3.8, 4) is 11.1 Å². The molecule has 0 saturated heterocycles. The number of hydrogen-bond donors (Lipinski definition) is 1. The average Bonchev–Trinajstić information content (AvgIpc) is 2.32. The Morgan fingerprint density at radius 1 is 1.18 bits per heavy atom. The Balaban J connectivity index is 2.58. The van der Waals surface area contributed by atoms with E-state index >= 15 is 0 Å². The Kier molecular flexibility index (Phi) is 3.45. The summed E-state index contributed by atoms with van der Waals surface area (Å²) in [6, 6.07) is 13.5. The lowest BCUT2D eigenvalue weighted by molar-refractivity contribution is -0.105. The van der Waals surface area contributed by atoms with Gasteiger partial charge in [-0.2, -0.15) is 0 Å². The molecule has 86 valence electrons. The van der Waals surface area contributed by atoms with Gasteiger partial charge in [0, 0.05) is 10.6 Å². The van der Waals surface area contributed by atoms with Crippen LogP contribution < -0.4 is 5.32 Å². The topological polar surface area (TPSA) is 29.1 Å². The highest BCUT2D eigenvalue weighted by atomic mass is 35.5. The van der Waals surface area contributed by atoms with E-state index in [4.69, 9.17) is 11.6 Å². The van der Waals surface area contributed by atoms with Crippen molar-refractivity contribution >= 4 is 23.7 Å². The van der Waals surface area contributed by atoms with Crippen molar-refractivity contribution in [2.24, 2.45) is 0 Å². The first-order valence-electron chi connectivity index (χ1n) is 5.28. The summed E-state index contributed by atoms with van der Waals surface area (Å²) >= 11 is 5.97. The van der Waals surface area contributed by atoms with Crippen molar-refractivity contribution in [3.05, 3.63) is 53.1 Å². The summed E-state index contributed by atoms with van der Waals surface area (Å²) in [5, 5.41) is 3.42. The standard InChI is InChI=1S/C14H12ClNO/c1-10-4-2-7-13(14(10)16-9-17)11-5-3-6-12(15)8-11/h2-9H,1H3,(H,16,17). The highest BCUT2D eigenvalue weighted by Crippen LogP contribution is 2.31. The van der Waals surface area contributed by atoms with Gasteiger partial charge in [0.25, 0.3) is 0 Å². The zero-order valence-electron chi connectivity index (χ0n) is 9.41. The normalized spacial score (nSPS) is 10.0. The van der Waals surface area contributed by atoms with E-state index in [1.165, 1.54) is 0 Å². The molecule has 0 unspecified atom stereocenters. The molecule has 3 heteroatoms. The van der Waals surface area contributed by atoms with Crippen LogP contribution in [0, 0.1) is 6.92 Å². The fourth-order valence-electron chi connectivity index (χ4n) is 1.81. The second kappa shape index (κ2) is 5.02. The van der Waals surface area contributed by atoms with Crippen LogP contribution in [-0.4, -0.2) is 6.41 Å². The second-order valence-corrected chi connectivity index (χ2v) is 4.21. The molecule has 1 N–H and O–H groups in total. The molecular weight excluding hydrogens is 234 g/mol. The molecule has 1 amide bonds. The Hall–Kier alpha value is -1.80. The van der Waals surface area contributed by atoms with Gasteiger partial charge in [-0.25, -0.2) is 0 Å². The van der Waals surface area contributed by atoms with Crippen LogP contribution in [0.15, 0.2) is 42.5 Å². The average molecular weight is 246 g/mol. The zero-order valence-corrected chi connectivity index (χ0v) is 10.2. The molecule has 0 fully saturated rings. The molecular formula is C14H12ClNO. The molecule has 0 saturated carbocycles. The first-order valence-corrected chi connectivity index (χ1v) is 5.66. The quantitative estimate of drug-likeness (QED) is 0.817. The second-order valence-electron chi connectivity index (χ2n) is 3.77. The summed E-state index contributed by atoms with van der Waals surface area (Å²) in [6.45, 7) is 1.96. The molecule has 2 aromatic rings. The van der Waals surface area contributed by atoms with Crippen LogP contribution in [0.3, 0.4) is 0 Å². The van der Waals surface area contributed by atoms with Crippen LogP contribution in [0.4, 0.5) is 5.69 Å². The maximum absolute atomic E-state index is 10.6. The van der Waals surface area contributed by atoms with Gasteiger partial charge < -0.3 is 5.32 Å². The molecule has 0 aliphatic heterocycles. The van der Waals surface area contributed by atoms with Crippen molar-refractivity contribution in [1.82, 2.24) is 0 Å². The minimum Gasteiger partial charge on any atom is -0.328 e. The van der Waals surface area contributed by atoms with Gasteiger partial charge in [0.2, 0.25) is 6.41 Å². The van der Waals surface area contributed by atoms with Crippen molar-refractivity contribution in [3.63, 3.8) is 0 Å². The lowest BCUT2D eigenvalue weighted by Crippen LogP contribution is -1.98. The summed E-state index contributed by atoms with van der Waals surface area (Å²) < 4.78 is 0. The summed E-state index contributed by atoms with van der Waals surface area (Å²) in [5.74, 6) is 0. The number of anilines is 1. The van der Waals surface area contributed by atoms with Crippen molar-refractivity contribution < 1.29 is 4.79 Å². The van der Waals surface area contributed by atoms with E-state index in [1.807, 2.05) is 49.4 Å². The van der Waals surface area contributed by atoms with Gasteiger partial charge in [0.05, 0.1) is 5.69 Å². The molecule has 2 aromatic carbocycles. The van der Waals surface area contributed by atoms with Gasteiger partial charge in [-0.15, -0.1) is 0 Å². The molecule has 0 aliphatic carbocycles. The van der Waals surface area contributed by atoms with E-state index in [0.717, 1.165) is 22.4 Å². The maximum atomic E-state index is 10.6. The molecule has 0 radical (unpaired) electrons. The van der Waals surface area contributed by atoms with E-state index in [1.54, 1.807) is 0 Å². The number of carbonyl (C=O) groups excluding carboxylic acids is 1. The van der Waals surface area contributed by atoms with E-state index in [9.17, 15) is 4.79 Å². The van der Waals surface area contributed by atoms with Crippen LogP contribution >= 0.6 is 11.6 Å². The smallest absolute Gasteiger partial charge is 0.211 e. The molecule has 2 nitrogen and oxygen atoms in total. The minimum absolute atomic E-state index is 0.682. The minimum atomic E-state index is 0.682. The van der Waals surface area contributed by atoms with Gasteiger partial charge in [-0.3, -0.25) is 4.79 Å². The Morgan fingerprint density at radius 2 is 1.94 bits per heavy atom. The number of carbonyl (C=O) groups is 1. The van der Waals surface area contributed by atoms with Crippen molar-refractivity contribution in [2.45, 2.75) is 6.92 Å². The third-order valence-electron chi connectivity index (χ3n) is 2.61. The Labute approximate surface area is 105 Å². The predicted octanol–water partition coefficient (Wildman–Crippen LogP) is 3.88. The SMILES string of the molecule is Cc1cccc(-c2cccc(Cl)c2)c1NC=O. The van der Waals surface area contributed by atoms with E-state index in [-0.39, 0.29) is 0 Å².